The molecule has 2 aromatic rings. The number of nitrogens with two attached hydrogens (primary N) is 1. The van der Waals surface area contributed by atoms with Gasteiger partial charge in [0.15, 0.2) is 0 Å². The predicted octanol–water partition coefficient (Wildman–Crippen LogP) is 3.96. The van der Waals surface area contributed by atoms with Gasteiger partial charge in [0.2, 0.25) is 0 Å². The summed E-state index contributed by atoms with van der Waals surface area (Å²) >= 11 is 0. The molecule has 1 aliphatic rings. The lowest BCUT2D eigenvalue weighted by Gasteiger charge is -2.26. The van der Waals surface area contributed by atoms with E-state index in [1.807, 2.05) is 11.4 Å². The van der Waals surface area contributed by atoms with Crippen molar-refractivity contribution in [2.45, 2.75) is 31.6 Å². The highest BCUT2D eigenvalue weighted by atomic mass is 35.5. The fraction of sp³-hybridized carbons (Fsp3) is 0.350. The maximum Gasteiger partial charge on any atom is 0.408 e. The van der Waals surface area contributed by atoms with Gasteiger partial charge in [-0.1, -0.05) is 0 Å². The summed E-state index contributed by atoms with van der Waals surface area (Å²) in [4.78, 5) is 18.2. The lowest BCUT2D eigenvalue weighted by molar-refractivity contribution is -0.149. The summed E-state index contributed by atoms with van der Waals surface area (Å²) in [5.41, 5.74) is 5.37. The Labute approximate surface area is 198 Å². The summed E-state index contributed by atoms with van der Waals surface area (Å²) in [5, 5.41) is 11.4. The van der Waals surface area contributed by atoms with Crippen LogP contribution < -0.4 is 16.0 Å². The Morgan fingerprint density at radius 2 is 1.88 bits per heavy atom. The van der Waals surface area contributed by atoms with Crippen molar-refractivity contribution in [3.63, 3.8) is 0 Å². The second-order valence-corrected chi connectivity index (χ2v) is 7.25. The minimum Gasteiger partial charge on any atom is -0.369 e. The van der Waals surface area contributed by atoms with Crippen molar-refractivity contribution in [3.05, 3.63) is 47.3 Å². The van der Waals surface area contributed by atoms with Crippen molar-refractivity contribution in [1.82, 2.24) is 10.3 Å². The minimum atomic E-state index is -4.68. The minimum absolute atomic E-state index is 0. The highest BCUT2D eigenvalue weighted by molar-refractivity contribution is 6.04. The van der Waals surface area contributed by atoms with E-state index in [0.29, 0.717) is 19.0 Å². The first-order chi connectivity index (χ1) is 14.5. The van der Waals surface area contributed by atoms with E-state index in [0.717, 1.165) is 25.3 Å². The molecular weight excluding hydrogens is 492 g/mol. The zero-order chi connectivity index (χ0) is 22.9. The van der Waals surface area contributed by atoms with E-state index in [1.165, 1.54) is 0 Å². The number of nitriles is 1. The summed E-state index contributed by atoms with van der Waals surface area (Å²) in [6.07, 6.45) is -3.18. The zero-order valence-electron chi connectivity index (χ0n) is 17.1. The summed E-state index contributed by atoms with van der Waals surface area (Å²) in [6, 6.07) is 1.92. The molecule has 3 rings (SSSR count). The number of rotatable bonds is 4. The Morgan fingerprint density at radius 3 is 2.36 bits per heavy atom. The maximum absolute atomic E-state index is 13.9. The van der Waals surface area contributed by atoms with Gasteiger partial charge >= 0.3 is 6.18 Å². The average Bonchev–Trinajstić information content (AvgIpc) is 3.11. The molecule has 13 heteroatoms. The molecule has 0 radical (unpaired) electrons. The van der Waals surface area contributed by atoms with Crippen molar-refractivity contribution < 1.29 is 26.7 Å². The van der Waals surface area contributed by atoms with E-state index in [2.05, 4.69) is 4.98 Å². The first-order valence-electron chi connectivity index (χ1n) is 9.29. The van der Waals surface area contributed by atoms with Crippen molar-refractivity contribution in [2.75, 3.05) is 18.0 Å². The van der Waals surface area contributed by atoms with E-state index in [1.54, 1.807) is 4.90 Å². The molecule has 0 saturated carbocycles. The van der Waals surface area contributed by atoms with E-state index in [9.17, 15) is 32.0 Å². The highest BCUT2D eigenvalue weighted by Gasteiger charge is 2.38. The number of hydrogen-bond acceptors (Lipinski definition) is 5. The number of anilines is 1. The number of aromatic nitrogens is 1. The van der Waals surface area contributed by atoms with Crippen LogP contribution in [0.25, 0.3) is 11.1 Å². The number of carbonyl (C=O) groups excluding carboxylic acids is 1. The molecule has 0 aliphatic carbocycles. The number of hydrogen-bond donors (Lipinski definition) is 2. The molecular formula is C20H20Cl2F5N5O. The summed E-state index contributed by atoms with van der Waals surface area (Å²) < 4.78 is 66.6. The fourth-order valence-electron chi connectivity index (χ4n) is 3.40. The number of nitrogens with one attached hydrogen (secondary N) is 1. The Morgan fingerprint density at radius 1 is 1.27 bits per heavy atom. The van der Waals surface area contributed by atoms with Gasteiger partial charge in [-0.25, -0.2) is 13.8 Å². The van der Waals surface area contributed by atoms with Gasteiger partial charge in [0, 0.05) is 37.0 Å². The second-order valence-electron chi connectivity index (χ2n) is 7.25. The Hall–Kier alpha value is -2.68. The third-order valence-electron chi connectivity index (χ3n) is 4.93. The van der Waals surface area contributed by atoms with Crippen LogP contribution in [0.5, 0.6) is 0 Å². The number of carbonyl (C=O) groups is 1. The van der Waals surface area contributed by atoms with Crippen LogP contribution in [0, 0.1) is 23.0 Å². The number of pyridine rings is 1. The fourth-order valence-corrected chi connectivity index (χ4v) is 3.40. The molecule has 1 saturated heterocycles. The Balaban J connectivity index is 0.00000272. The van der Waals surface area contributed by atoms with Gasteiger partial charge in [0.05, 0.1) is 11.3 Å². The molecule has 1 aliphatic heterocycles. The number of halogens is 7. The molecule has 180 valence electrons. The quantitative estimate of drug-likeness (QED) is 0.605. The predicted molar refractivity (Wildman–Crippen MR) is 117 cm³/mol. The van der Waals surface area contributed by atoms with E-state index < -0.39 is 29.8 Å². The van der Waals surface area contributed by atoms with Gasteiger partial charge in [-0.15, -0.1) is 24.8 Å². The first kappa shape index (κ1) is 28.4. The van der Waals surface area contributed by atoms with E-state index in [4.69, 9.17) is 5.73 Å². The van der Waals surface area contributed by atoms with Gasteiger partial charge in [0.25, 0.3) is 5.91 Å². The maximum atomic E-state index is 13.9. The summed E-state index contributed by atoms with van der Waals surface area (Å²) in [6.45, 7) is 1.34. The third kappa shape index (κ3) is 6.22. The van der Waals surface area contributed by atoms with E-state index in [-0.39, 0.29) is 65.5 Å². The lowest BCUT2D eigenvalue weighted by Crippen LogP contribution is -2.43. The number of amides is 1. The van der Waals surface area contributed by atoms with Crippen LogP contribution >= 0.6 is 24.8 Å². The van der Waals surface area contributed by atoms with Crippen molar-refractivity contribution in [2.24, 2.45) is 5.73 Å². The van der Waals surface area contributed by atoms with Crippen molar-refractivity contribution in [3.8, 4) is 17.2 Å². The molecule has 0 spiro atoms. The van der Waals surface area contributed by atoms with Crippen molar-refractivity contribution >= 4 is 36.4 Å². The lowest BCUT2D eigenvalue weighted by atomic mass is 9.97. The second kappa shape index (κ2) is 11.0. The summed E-state index contributed by atoms with van der Waals surface area (Å²) in [5.74, 6) is -2.94. The van der Waals surface area contributed by atoms with Crippen LogP contribution in [0.3, 0.4) is 0 Å². The molecule has 3 N–H and O–H groups in total. The van der Waals surface area contributed by atoms with Gasteiger partial charge < -0.3 is 16.0 Å². The molecule has 2 atom stereocenters. The topological polar surface area (TPSA) is 95.0 Å². The zero-order valence-corrected chi connectivity index (χ0v) is 18.8. The normalized spacial score (nSPS) is 16.3. The standard InChI is InChI=1S/C20H18F5N5O.2ClH/c1-10(20(23,24)25)29-19(31)15-8-28-16(7-26)17(11-4-12(21)6-13(22)5-11)18(15)30-3-2-14(27)9-30;;/h4-6,8,10,14H,2-3,9,27H2,1H3,(H,29,31);2*1H/t10-,14-;;/m0../s1. The van der Waals surface area contributed by atoms with Crippen LogP contribution in [-0.4, -0.2) is 42.2 Å². The van der Waals surface area contributed by atoms with Gasteiger partial charge in [-0.05, 0) is 31.0 Å². The Kier molecular flexibility index (Phi) is 9.42. The first-order valence-corrected chi connectivity index (χ1v) is 9.29. The molecule has 33 heavy (non-hydrogen) atoms. The van der Waals surface area contributed by atoms with Crippen LogP contribution in [-0.2, 0) is 0 Å². The van der Waals surface area contributed by atoms with Crippen LogP contribution in [0.1, 0.15) is 29.4 Å². The molecule has 1 amide bonds. The smallest absolute Gasteiger partial charge is 0.369 e. The average molecular weight is 512 g/mol. The monoisotopic (exact) mass is 511 g/mol. The number of alkyl halides is 3. The van der Waals surface area contributed by atoms with Crippen LogP contribution in [0.15, 0.2) is 24.4 Å². The molecule has 0 unspecified atom stereocenters. The SMILES string of the molecule is C[C@H](NC(=O)c1cnc(C#N)c(-c2cc(F)cc(F)c2)c1N1CC[C@H](N)C1)C(F)(F)F.Cl.Cl. The molecule has 6 nitrogen and oxygen atoms in total. The van der Waals surface area contributed by atoms with Gasteiger partial charge in [-0.2, -0.15) is 18.4 Å². The molecule has 1 aromatic heterocycles. The molecule has 1 aromatic carbocycles. The molecule has 1 fully saturated rings. The molecule has 0 bridgehead atoms. The number of nitrogens with zero attached hydrogens (tertiary/aromatic N) is 3. The largest absolute Gasteiger partial charge is 0.408 e. The van der Waals surface area contributed by atoms with Gasteiger partial charge in [0.1, 0.15) is 29.4 Å². The number of benzene rings is 1. The summed E-state index contributed by atoms with van der Waals surface area (Å²) in [7, 11) is 0. The highest BCUT2D eigenvalue weighted by Crippen LogP contribution is 2.38. The van der Waals surface area contributed by atoms with E-state index >= 15 is 0 Å². The Bertz CT molecular complexity index is 1040. The van der Waals surface area contributed by atoms with Crippen molar-refractivity contribution in [1.29, 1.82) is 5.26 Å². The van der Waals surface area contributed by atoms with Gasteiger partial charge in [-0.3, -0.25) is 4.79 Å². The van der Waals surface area contributed by atoms with Crippen LogP contribution in [0.2, 0.25) is 0 Å². The van der Waals surface area contributed by atoms with Crippen LogP contribution in [0.4, 0.5) is 27.6 Å². The third-order valence-corrected chi connectivity index (χ3v) is 4.93. The molecule has 2 heterocycles.